The van der Waals surface area contributed by atoms with Crippen molar-refractivity contribution in [2.24, 2.45) is 11.1 Å². The molecule has 0 aliphatic heterocycles. The van der Waals surface area contributed by atoms with Crippen molar-refractivity contribution < 1.29 is 4.39 Å². The predicted octanol–water partition coefficient (Wildman–Crippen LogP) is 3.54. The highest BCUT2D eigenvalue weighted by molar-refractivity contribution is 5.46. The standard InChI is InChI=1S/C15H23FN2/c1-14(2)9-3-4-10-15(14,11-17)18-13-7-5-12(16)6-8-13/h5-8,18H,3-4,9-11,17H2,1-2H3. The minimum Gasteiger partial charge on any atom is -0.378 e. The highest BCUT2D eigenvalue weighted by atomic mass is 19.1. The van der Waals surface area contributed by atoms with E-state index in [-0.39, 0.29) is 16.8 Å². The number of nitrogens with two attached hydrogens (primary N) is 1. The molecule has 1 aliphatic carbocycles. The van der Waals surface area contributed by atoms with E-state index in [1.54, 1.807) is 12.1 Å². The van der Waals surface area contributed by atoms with Crippen molar-refractivity contribution >= 4 is 5.69 Å². The van der Waals surface area contributed by atoms with Gasteiger partial charge in [0.1, 0.15) is 5.82 Å². The Balaban J connectivity index is 2.24. The van der Waals surface area contributed by atoms with Crippen LogP contribution < -0.4 is 11.1 Å². The van der Waals surface area contributed by atoms with Crippen LogP contribution in [0.1, 0.15) is 39.5 Å². The van der Waals surface area contributed by atoms with Gasteiger partial charge >= 0.3 is 0 Å². The molecule has 100 valence electrons. The summed E-state index contributed by atoms with van der Waals surface area (Å²) in [6.07, 6.45) is 4.72. The second kappa shape index (κ2) is 4.88. The van der Waals surface area contributed by atoms with Gasteiger partial charge in [-0.05, 0) is 42.5 Å². The van der Waals surface area contributed by atoms with E-state index in [0.29, 0.717) is 6.54 Å². The number of hydrogen-bond donors (Lipinski definition) is 2. The van der Waals surface area contributed by atoms with Crippen molar-refractivity contribution in [2.45, 2.75) is 45.1 Å². The van der Waals surface area contributed by atoms with Crippen LogP contribution in [0.25, 0.3) is 0 Å². The van der Waals surface area contributed by atoms with Gasteiger partial charge in [0.2, 0.25) is 0 Å². The van der Waals surface area contributed by atoms with E-state index in [2.05, 4.69) is 19.2 Å². The predicted molar refractivity (Wildman–Crippen MR) is 74.1 cm³/mol. The molecule has 1 unspecified atom stereocenters. The lowest BCUT2D eigenvalue weighted by molar-refractivity contribution is 0.125. The minimum atomic E-state index is -0.203. The molecule has 3 heteroatoms. The van der Waals surface area contributed by atoms with Gasteiger partial charge in [0.25, 0.3) is 0 Å². The number of benzene rings is 1. The fraction of sp³-hybridized carbons (Fsp3) is 0.600. The first-order chi connectivity index (χ1) is 8.49. The van der Waals surface area contributed by atoms with Gasteiger partial charge < -0.3 is 11.1 Å². The summed E-state index contributed by atoms with van der Waals surface area (Å²) in [5.74, 6) is -0.203. The van der Waals surface area contributed by atoms with E-state index < -0.39 is 0 Å². The van der Waals surface area contributed by atoms with Gasteiger partial charge in [-0.15, -0.1) is 0 Å². The highest BCUT2D eigenvalue weighted by Gasteiger charge is 2.45. The molecular formula is C15H23FN2. The Morgan fingerprint density at radius 3 is 2.33 bits per heavy atom. The van der Waals surface area contributed by atoms with Crippen molar-refractivity contribution in [1.29, 1.82) is 0 Å². The Morgan fingerprint density at radius 2 is 1.78 bits per heavy atom. The maximum atomic E-state index is 12.9. The average Bonchev–Trinajstić information content (AvgIpc) is 2.34. The van der Waals surface area contributed by atoms with Crippen LogP contribution in [0.4, 0.5) is 10.1 Å². The Labute approximate surface area is 109 Å². The smallest absolute Gasteiger partial charge is 0.123 e. The highest BCUT2D eigenvalue weighted by Crippen LogP contribution is 2.45. The molecule has 1 atom stereocenters. The molecular weight excluding hydrogens is 227 g/mol. The fourth-order valence-electron chi connectivity index (χ4n) is 3.04. The third kappa shape index (κ3) is 2.37. The van der Waals surface area contributed by atoms with E-state index in [1.807, 2.05) is 0 Å². The van der Waals surface area contributed by atoms with E-state index in [4.69, 9.17) is 5.73 Å². The summed E-state index contributed by atoms with van der Waals surface area (Å²) in [5, 5.41) is 3.57. The zero-order valence-electron chi connectivity index (χ0n) is 11.3. The SMILES string of the molecule is CC1(C)CCCCC1(CN)Nc1ccc(F)cc1. The molecule has 0 heterocycles. The van der Waals surface area contributed by atoms with Crippen LogP contribution in [0.3, 0.4) is 0 Å². The van der Waals surface area contributed by atoms with Crippen molar-refractivity contribution in [3.05, 3.63) is 30.1 Å². The van der Waals surface area contributed by atoms with Gasteiger partial charge in [0.15, 0.2) is 0 Å². The van der Waals surface area contributed by atoms with Gasteiger partial charge in [-0.3, -0.25) is 0 Å². The molecule has 0 spiro atoms. The number of hydrogen-bond acceptors (Lipinski definition) is 2. The Hall–Kier alpha value is -1.09. The van der Waals surface area contributed by atoms with Crippen molar-refractivity contribution in [3.63, 3.8) is 0 Å². The molecule has 0 saturated heterocycles. The van der Waals surface area contributed by atoms with Crippen LogP contribution in [0.2, 0.25) is 0 Å². The lowest BCUT2D eigenvalue weighted by atomic mass is 9.63. The Kier molecular flexibility index (Phi) is 3.62. The summed E-state index contributed by atoms with van der Waals surface area (Å²) >= 11 is 0. The summed E-state index contributed by atoms with van der Waals surface area (Å²) < 4.78 is 12.9. The van der Waals surface area contributed by atoms with E-state index in [9.17, 15) is 4.39 Å². The van der Waals surface area contributed by atoms with Crippen molar-refractivity contribution in [2.75, 3.05) is 11.9 Å². The molecule has 0 radical (unpaired) electrons. The maximum Gasteiger partial charge on any atom is 0.123 e. The number of halogens is 1. The Morgan fingerprint density at radius 1 is 1.17 bits per heavy atom. The van der Waals surface area contributed by atoms with E-state index in [0.717, 1.165) is 12.1 Å². The monoisotopic (exact) mass is 250 g/mol. The van der Waals surface area contributed by atoms with Gasteiger partial charge in [-0.25, -0.2) is 4.39 Å². The normalized spacial score (nSPS) is 26.9. The fourth-order valence-corrected chi connectivity index (χ4v) is 3.04. The van der Waals surface area contributed by atoms with Gasteiger partial charge in [-0.2, -0.15) is 0 Å². The molecule has 1 fully saturated rings. The van der Waals surface area contributed by atoms with Crippen LogP contribution in [0, 0.1) is 11.2 Å². The first-order valence-electron chi connectivity index (χ1n) is 6.73. The van der Waals surface area contributed by atoms with Crippen LogP contribution in [-0.2, 0) is 0 Å². The average molecular weight is 250 g/mol. The minimum absolute atomic E-state index is 0.0803. The van der Waals surface area contributed by atoms with Crippen molar-refractivity contribution in [1.82, 2.24) is 0 Å². The molecule has 1 aromatic carbocycles. The lowest BCUT2D eigenvalue weighted by Crippen LogP contribution is -2.58. The maximum absolute atomic E-state index is 12.9. The molecule has 0 bridgehead atoms. The second-order valence-corrected chi connectivity index (χ2v) is 6.01. The third-order valence-corrected chi connectivity index (χ3v) is 4.53. The molecule has 2 nitrogen and oxygen atoms in total. The van der Waals surface area contributed by atoms with Gasteiger partial charge in [-0.1, -0.05) is 26.7 Å². The van der Waals surface area contributed by atoms with Crippen LogP contribution >= 0.6 is 0 Å². The van der Waals surface area contributed by atoms with E-state index >= 15 is 0 Å². The molecule has 18 heavy (non-hydrogen) atoms. The molecule has 2 rings (SSSR count). The number of nitrogens with one attached hydrogen (secondary N) is 1. The Bertz CT molecular complexity index is 399. The summed E-state index contributed by atoms with van der Waals surface area (Å²) in [6.45, 7) is 5.16. The zero-order valence-corrected chi connectivity index (χ0v) is 11.3. The number of rotatable bonds is 3. The molecule has 1 aromatic rings. The van der Waals surface area contributed by atoms with Crippen LogP contribution in [-0.4, -0.2) is 12.1 Å². The summed E-state index contributed by atoms with van der Waals surface area (Å²) in [5.41, 5.74) is 7.09. The lowest BCUT2D eigenvalue weighted by Gasteiger charge is -2.51. The first kappa shape index (κ1) is 13.3. The van der Waals surface area contributed by atoms with Gasteiger partial charge in [0, 0.05) is 12.2 Å². The molecule has 1 aliphatic rings. The van der Waals surface area contributed by atoms with Crippen LogP contribution in [0.15, 0.2) is 24.3 Å². The zero-order chi connectivity index (χ0) is 13.2. The van der Waals surface area contributed by atoms with Crippen molar-refractivity contribution in [3.8, 4) is 0 Å². The number of anilines is 1. The summed E-state index contributed by atoms with van der Waals surface area (Å²) in [6, 6.07) is 6.56. The summed E-state index contributed by atoms with van der Waals surface area (Å²) in [7, 11) is 0. The molecule has 0 aromatic heterocycles. The largest absolute Gasteiger partial charge is 0.378 e. The second-order valence-electron chi connectivity index (χ2n) is 6.01. The van der Waals surface area contributed by atoms with Crippen LogP contribution in [0.5, 0.6) is 0 Å². The van der Waals surface area contributed by atoms with Gasteiger partial charge in [0.05, 0.1) is 5.54 Å². The summed E-state index contributed by atoms with van der Waals surface area (Å²) in [4.78, 5) is 0. The molecule has 3 N–H and O–H groups in total. The quantitative estimate of drug-likeness (QED) is 0.861. The molecule has 1 saturated carbocycles. The third-order valence-electron chi connectivity index (χ3n) is 4.53. The topological polar surface area (TPSA) is 38.0 Å². The van der Waals surface area contributed by atoms with E-state index in [1.165, 1.54) is 31.4 Å². The first-order valence-corrected chi connectivity index (χ1v) is 6.73. The molecule has 0 amide bonds.